The first kappa shape index (κ1) is 14.3. The Kier molecular flexibility index (Phi) is 4.78. The Morgan fingerprint density at radius 3 is 2.37 bits per heavy atom. The fraction of sp³-hybridized carbons (Fsp3) is 0.294. The lowest BCUT2D eigenvalue weighted by atomic mass is 9.97. The Bertz CT molecular complexity index is 546. The molecule has 0 spiro atoms. The monoisotopic (exact) mass is 317 g/mol. The molecule has 100 valence electrons. The van der Waals surface area contributed by atoms with Gasteiger partial charge in [0.05, 0.1) is 6.04 Å². The second kappa shape index (κ2) is 6.36. The van der Waals surface area contributed by atoms with Gasteiger partial charge in [-0.25, -0.2) is 0 Å². The van der Waals surface area contributed by atoms with E-state index in [1.807, 2.05) is 0 Å². The molecule has 2 N–H and O–H groups in total. The summed E-state index contributed by atoms with van der Waals surface area (Å²) in [6.45, 7) is 4.28. The molecule has 2 aromatic carbocycles. The standard InChI is InChI=1S/C17H20BrN/c1-3-4-13-6-8-14(9-7-13)17(19)15-10-5-12(2)11-16(15)18/h5-11,17H,3-4,19H2,1-2H3. The van der Waals surface area contributed by atoms with E-state index in [1.165, 1.54) is 17.5 Å². The third-order valence-corrected chi connectivity index (χ3v) is 4.06. The van der Waals surface area contributed by atoms with Crippen LogP contribution in [0.25, 0.3) is 0 Å². The molecule has 0 heterocycles. The van der Waals surface area contributed by atoms with Crippen molar-refractivity contribution in [1.82, 2.24) is 0 Å². The van der Waals surface area contributed by atoms with E-state index in [1.54, 1.807) is 0 Å². The van der Waals surface area contributed by atoms with E-state index in [0.29, 0.717) is 0 Å². The SMILES string of the molecule is CCCc1ccc(C(N)c2ccc(C)cc2Br)cc1. The third kappa shape index (κ3) is 3.46. The van der Waals surface area contributed by atoms with E-state index < -0.39 is 0 Å². The maximum Gasteiger partial charge on any atom is 0.0562 e. The zero-order valence-corrected chi connectivity index (χ0v) is 13.1. The lowest BCUT2D eigenvalue weighted by molar-refractivity contribution is 0.859. The summed E-state index contributed by atoms with van der Waals surface area (Å²) in [5, 5.41) is 0. The van der Waals surface area contributed by atoms with Crippen LogP contribution in [0, 0.1) is 6.92 Å². The number of hydrogen-bond acceptors (Lipinski definition) is 1. The quantitative estimate of drug-likeness (QED) is 0.864. The van der Waals surface area contributed by atoms with Gasteiger partial charge in [0.2, 0.25) is 0 Å². The summed E-state index contributed by atoms with van der Waals surface area (Å²) in [6, 6.07) is 14.9. The van der Waals surface area contributed by atoms with Crippen molar-refractivity contribution in [3.63, 3.8) is 0 Å². The van der Waals surface area contributed by atoms with E-state index in [-0.39, 0.29) is 6.04 Å². The Labute approximate surface area is 124 Å². The van der Waals surface area contributed by atoms with Crippen molar-refractivity contribution in [3.8, 4) is 0 Å². The van der Waals surface area contributed by atoms with Crippen LogP contribution in [0.5, 0.6) is 0 Å². The second-order valence-electron chi connectivity index (χ2n) is 4.99. The van der Waals surface area contributed by atoms with Gasteiger partial charge in [0.1, 0.15) is 0 Å². The van der Waals surface area contributed by atoms with Crippen molar-refractivity contribution in [2.24, 2.45) is 5.73 Å². The second-order valence-corrected chi connectivity index (χ2v) is 5.85. The fourth-order valence-corrected chi connectivity index (χ4v) is 2.98. The Morgan fingerprint density at radius 1 is 1.11 bits per heavy atom. The number of halogens is 1. The van der Waals surface area contributed by atoms with Crippen molar-refractivity contribution in [2.45, 2.75) is 32.7 Å². The van der Waals surface area contributed by atoms with Crippen molar-refractivity contribution in [3.05, 3.63) is 69.2 Å². The van der Waals surface area contributed by atoms with E-state index >= 15 is 0 Å². The van der Waals surface area contributed by atoms with Gasteiger partial charge in [-0.3, -0.25) is 0 Å². The molecule has 0 aliphatic heterocycles. The van der Waals surface area contributed by atoms with Crippen molar-refractivity contribution in [2.75, 3.05) is 0 Å². The maximum absolute atomic E-state index is 6.36. The molecule has 0 aromatic heterocycles. The molecule has 2 aromatic rings. The zero-order valence-electron chi connectivity index (χ0n) is 11.5. The van der Waals surface area contributed by atoms with E-state index in [9.17, 15) is 0 Å². The lowest BCUT2D eigenvalue weighted by Gasteiger charge is -2.15. The van der Waals surface area contributed by atoms with Crippen LogP contribution in [0.3, 0.4) is 0 Å². The van der Waals surface area contributed by atoms with Gasteiger partial charge in [-0.1, -0.05) is 65.7 Å². The van der Waals surface area contributed by atoms with Crippen LogP contribution in [0.15, 0.2) is 46.9 Å². The molecule has 1 atom stereocenters. The molecule has 0 bridgehead atoms. The largest absolute Gasteiger partial charge is 0.320 e. The fourth-order valence-electron chi connectivity index (χ4n) is 2.24. The van der Waals surface area contributed by atoms with Gasteiger partial charge in [0, 0.05) is 4.47 Å². The van der Waals surface area contributed by atoms with E-state index in [2.05, 4.69) is 72.2 Å². The average Bonchev–Trinajstić information content (AvgIpc) is 2.39. The first-order valence-corrected chi connectivity index (χ1v) is 7.51. The molecule has 1 nitrogen and oxygen atoms in total. The normalized spacial score (nSPS) is 12.4. The summed E-state index contributed by atoms with van der Waals surface area (Å²) in [5.41, 5.74) is 11.3. The zero-order chi connectivity index (χ0) is 13.8. The van der Waals surface area contributed by atoms with Gasteiger partial charge < -0.3 is 5.73 Å². The molecule has 0 aliphatic carbocycles. The Balaban J connectivity index is 2.25. The van der Waals surface area contributed by atoms with Gasteiger partial charge in [-0.2, -0.15) is 0 Å². The minimum atomic E-state index is -0.0781. The summed E-state index contributed by atoms with van der Waals surface area (Å²) in [4.78, 5) is 0. The molecule has 0 radical (unpaired) electrons. The number of benzene rings is 2. The van der Waals surface area contributed by atoms with Crippen LogP contribution in [0.1, 0.15) is 41.6 Å². The highest BCUT2D eigenvalue weighted by molar-refractivity contribution is 9.10. The third-order valence-electron chi connectivity index (χ3n) is 3.37. The topological polar surface area (TPSA) is 26.0 Å². The maximum atomic E-state index is 6.36. The summed E-state index contributed by atoms with van der Waals surface area (Å²) >= 11 is 3.60. The molecule has 0 saturated carbocycles. The summed E-state index contributed by atoms with van der Waals surface area (Å²) in [5.74, 6) is 0. The number of hydrogen-bond donors (Lipinski definition) is 1. The van der Waals surface area contributed by atoms with Crippen LogP contribution < -0.4 is 5.73 Å². The number of rotatable bonds is 4. The number of nitrogens with two attached hydrogens (primary N) is 1. The van der Waals surface area contributed by atoms with Crippen molar-refractivity contribution in [1.29, 1.82) is 0 Å². The number of aryl methyl sites for hydroxylation is 2. The minimum Gasteiger partial charge on any atom is -0.320 e. The highest BCUT2D eigenvalue weighted by Gasteiger charge is 2.12. The molecular weight excluding hydrogens is 298 g/mol. The smallest absolute Gasteiger partial charge is 0.0562 e. The van der Waals surface area contributed by atoms with Gasteiger partial charge >= 0.3 is 0 Å². The molecule has 0 aliphatic rings. The Morgan fingerprint density at radius 2 is 1.79 bits per heavy atom. The minimum absolute atomic E-state index is 0.0781. The van der Waals surface area contributed by atoms with E-state index in [0.717, 1.165) is 22.0 Å². The van der Waals surface area contributed by atoms with Gasteiger partial charge in [0.25, 0.3) is 0 Å². The van der Waals surface area contributed by atoms with Gasteiger partial charge in [0.15, 0.2) is 0 Å². The first-order valence-electron chi connectivity index (χ1n) is 6.72. The molecular formula is C17H20BrN. The highest BCUT2D eigenvalue weighted by Crippen LogP contribution is 2.27. The highest BCUT2D eigenvalue weighted by atomic mass is 79.9. The lowest BCUT2D eigenvalue weighted by Crippen LogP contribution is -2.12. The van der Waals surface area contributed by atoms with Crippen LogP contribution in [0.2, 0.25) is 0 Å². The van der Waals surface area contributed by atoms with Crippen molar-refractivity contribution < 1.29 is 0 Å². The molecule has 1 unspecified atom stereocenters. The predicted molar refractivity (Wildman–Crippen MR) is 85.3 cm³/mol. The molecule has 0 amide bonds. The van der Waals surface area contributed by atoms with Crippen LogP contribution in [-0.2, 0) is 6.42 Å². The first-order chi connectivity index (χ1) is 9.11. The van der Waals surface area contributed by atoms with E-state index in [4.69, 9.17) is 5.73 Å². The van der Waals surface area contributed by atoms with Crippen LogP contribution in [-0.4, -0.2) is 0 Å². The molecule has 0 fully saturated rings. The molecule has 0 saturated heterocycles. The predicted octanol–water partition coefficient (Wildman–Crippen LogP) is 4.76. The Hall–Kier alpha value is -1.12. The van der Waals surface area contributed by atoms with Gasteiger partial charge in [-0.15, -0.1) is 0 Å². The van der Waals surface area contributed by atoms with Crippen LogP contribution >= 0.6 is 15.9 Å². The van der Waals surface area contributed by atoms with Crippen LogP contribution in [0.4, 0.5) is 0 Å². The molecule has 19 heavy (non-hydrogen) atoms. The molecule has 2 heteroatoms. The molecule has 2 rings (SSSR count). The summed E-state index contributed by atoms with van der Waals surface area (Å²) in [7, 11) is 0. The average molecular weight is 318 g/mol. The van der Waals surface area contributed by atoms with Crippen molar-refractivity contribution >= 4 is 15.9 Å². The summed E-state index contributed by atoms with van der Waals surface area (Å²) < 4.78 is 1.08. The summed E-state index contributed by atoms with van der Waals surface area (Å²) in [6.07, 6.45) is 2.30. The van der Waals surface area contributed by atoms with Gasteiger partial charge in [-0.05, 0) is 41.7 Å².